The third kappa shape index (κ3) is 2.74. The van der Waals surface area contributed by atoms with Crippen LogP contribution in [-0.2, 0) is 9.84 Å². The molecule has 2 rings (SSSR count). The largest absolute Gasteiger partial charge is 0.627 e. The number of benzene rings is 1. The monoisotopic (exact) mass is 269 g/mol. The average Bonchev–Trinajstić information content (AvgIpc) is 2.34. The Bertz CT molecular complexity index is 523. The van der Waals surface area contributed by atoms with E-state index in [4.69, 9.17) is 0 Å². The van der Waals surface area contributed by atoms with Crippen LogP contribution in [0.3, 0.4) is 0 Å². The van der Waals surface area contributed by atoms with E-state index in [-0.39, 0.29) is 24.6 Å². The lowest BCUT2D eigenvalue weighted by Gasteiger charge is -2.44. The molecule has 18 heavy (non-hydrogen) atoms. The first-order valence-corrected chi connectivity index (χ1v) is 8.04. The van der Waals surface area contributed by atoms with E-state index in [1.165, 1.54) is 0 Å². The van der Waals surface area contributed by atoms with Gasteiger partial charge in [0.15, 0.2) is 9.84 Å². The minimum Gasteiger partial charge on any atom is -0.627 e. The van der Waals surface area contributed by atoms with Gasteiger partial charge in [-0.2, -0.15) is 0 Å². The van der Waals surface area contributed by atoms with Crippen molar-refractivity contribution < 1.29 is 8.42 Å². The smallest absolute Gasteiger partial charge is 0.161 e. The molecule has 1 aliphatic rings. The van der Waals surface area contributed by atoms with Crippen molar-refractivity contribution in [3.05, 3.63) is 35.0 Å². The lowest BCUT2D eigenvalue weighted by atomic mass is 10.0. The van der Waals surface area contributed by atoms with Gasteiger partial charge in [0, 0.05) is 6.07 Å². The van der Waals surface area contributed by atoms with Gasteiger partial charge in [-0.25, -0.2) is 8.42 Å². The van der Waals surface area contributed by atoms with Crippen LogP contribution < -0.4 is 4.65 Å². The molecule has 0 saturated carbocycles. The maximum atomic E-state index is 12.7. The highest BCUT2D eigenvalue weighted by Gasteiger charge is 2.31. The summed E-state index contributed by atoms with van der Waals surface area (Å²) in [5, 5.41) is 12.7. The predicted octanol–water partition coefficient (Wildman–Crippen LogP) is 2.04. The molecular weight excluding hydrogens is 250 g/mol. The second-order valence-corrected chi connectivity index (χ2v) is 7.54. The maximum Gasteiger partial charge on any atom is 0.161 e. The SMILES string of the molecule is CC(C)c1cccc([N+]2([O-])CCS(=O)(=O)CC2)c1. The highest BCUT2D eigenvalue weighted by molar-refractivity contribution is 7.91. The van der Waals surface area contributed by atoms with E-state index in [1.807, 2.05) is 18.2 Å². The number of hydroxylamine groups is 2. The molecule has 1 saturated heterocycles. The van der Waals surface area contributed by atoms with Gasteiger partial charge in [-0.05, 0) is 17.5 Å². The summed E-state index contributed by atoms with van der Waals surface area (Å²) in [6, 6.07) is 7.60. The predicted molar refractivity (Wildman–Crippen MR) is 74.1 cm³/mol. The first kappa shape index (κ1) is 13.5. The zero-order valence-electron chi connectivity index (χ0n) is 10.8. The van der Waals surface area contributed by atoms with Gasteiger partial charge in [0.25, 0.3) is 0 Å². The Morgan fingerprint density at radius 2 is 1.83 bits per heavy atom. The normalized spacial score (nSPS) is 22.0. The Hall–Kier alpha value is -0.910. The van der Waals surface area contributed by atoms with Crippen molar-refractivity contribution in [2.45, 2.75) is 19.8 Å². The van der Waals surface area contributed by atoms with Crippen LogP contribution in [0.15, 0.2) is 24.3 Å². The fourth-order valence-corrected chi connectivity index (χ4v) is 3.53. The summed E-state index contributed by atoms with van der Waals surface area (Å²) in [6.45, 7) is 4.41. The van der Waals surface area contributed by atoms with Crippen LogP contribution in [0.2, 0.25) is 0 Å². The van der Waals surface area contributed by atoms with E-state index in [2.05, 4.69) is 13.8 Å². The second-order valence-electron chi connectivity index (χ2n) is 5.24. The minimum absolute atomic E-state index is 0.0115. The number of hydrogen-bond acceptors (Lipinski definition) is 3. The molecule has 0 radical (unpaired) electrons. The van der Waals surface area contributed by atoms with Gasteiger partial charge in [0.2, 0.25) is 0 Å². The second kappa shape index (κ2) is 4.64. The topological polar surface area (TPSA) is 57.2 Å². The lowest BCUT2D eigenvalue weighted by molar-refractivity contribution is 0.394. The molecule has 0 N–H and O–H groups in total. The molecule has 0 aromatic heterocycles. The minimum atomic E-state index is -3.00. The fourth-order valence-electron chi connectivity index (χ4n) is 2.18. The van der Waals surface area contributed by atoms with Crippen molar-refractivity contribution in [3.8, 4) is 0 Å². The number of hydrogen-bond donors (Lipinski definition) is 0. The maximum absolute atomic E-state index is 12.7. The van der Waals surface area contributed by atoms with Crippen LogP contribution in [0.1, 0.15) is 25.3 Å². The first-order valence-electron chi connectivity index (χ1n) is 6.21. The van der Waals surface area contributed by atoms with Gasteiger partial charge in [-0.15, -0.1) is 0 Å². The van der Waals surface area contributed by atoms with Crippen LogP contribution in [0.5, 0.6) is 0 Å². The lowest BCUT2D eigenvalue weighted by Crippen LogP contribution is -2.53. The third-order valence-corrected chi connectivity index (χ3v) is 5.14. The van der Waals surface area contributed by atoms with Crippen LogP contribution in [0, 0.1) is 5.21 Å². The highest BCUT2D eigenvalue weighted by atomic mass is 32.2. The van der Waals surface area contributed by atoms with Crippen molar-refractivity contribution in [2.24, 2.45) is 0 Å². The molecule has 100 valence electrons. The Morgan fingerprint density at radius 1 is 1.22 bits per heavy atom. The van der Waals surface area contributed by atoms with Crippen molar-refractivity contribution in [3.63, 3.8) is 0 Å². The van der Waals surface area contributed by atoms with Gasteiger partial charge in [-0.3, -0.25) is 0 Å². The fraction of sp³-hybridized carbons (Fsp3) is 0.538. The Morgan fingerprint density at radius 3 is 2.39 bits per heavy atom. The van der Waals surface area contributed by atoms with Crippen molar-refractivity contribution in [1.29, 1.82) is 0 Å². The molecule has 0 bridgehead atoms. The molecule has 1 aromatic carbocycles. The van der Waals surface area contributed by atoms with Crippen LogP contribution >= 0.6 is 0 Å². The van der Waals surface area contributed by atoms with Crippen LogP contribution in [-0.4, -0.2) is 33.0 Å². The summed E-state index contributed by atoms with van der Waals surface area (Å²) in [4.78, 5) is 0. The van der Waals surface area contributed by atoms with E-state index >= 15 is 0 Å². The van der Waals surface area contributed by atoms with Gasteiger partial charge in [0.1, 0.15) is 17.2 Å². The number of rotatable bonds is 2. The van der Waals surface area contributed by atoms with E-state index in [9.17, 15) is 13.6 Å². The Labute approximate surface area is 108 Å². The standard InChI is InChI=1S/C13H19NO3S/c1-11(2)12-4-3-5-13(10-12)14(15)6-8-18(16,17)9-7-14/h3-5,10-11H,6-9H2,1-2H3. The number of sulfone groups is 1. The van der Waals surface area contributed by atoms with Crippen LogP contribution in [0.25, 0.3) is 0 Å². The Balaban J connectivity index is 2.28. The molecule has 5 heteroatoms. The van der Waals surface area contributed by atoms with Gasteiger partial charge < -0.3 is 9.85 Å². The zero-order valence-corrected chi connectivity index (χ0v) is 11.6. The van der Waals surface area contributed by atoms with E-state index in [0.717, 1.165) is 5.56 Å². The summed E-state index contributed by atoms with van der Waals surface area (Å²) in [5.41, 5.74) is 1.80. The molecule has 0 spiro atoms. The highest BCUT2D eigenvalue weighted by Crippen LogP contribution is 2.28. The summed E-state index contributed by atoms with van der Waals surface area (Å²) >= 11 is 0. The molecule has 1 heterocycles. The number of nitrogens with zero attached hydrogens (tertiary/aromatic N) is 1. The van der Waals surface area contributed by atoms with E-state index < -0.39 is 14.5 Å². The van der Waals surface area contributed by atoms with E-state index in [1.54, 1.807) is 6.07 Å². The molecule has 4 nitrogen and oxygen atoms in total. The summed E-state index contributed by atoms with van der Waals surface area (Å²) in [6.07, 6.45) is 0. The molecule has 1 aliphatic heterocycles. The van der Waals surface area contributed by atoms with Gasteiger partial charge in [0.05, 0.1) is 13.1 Å². The van der Waals surface area contributed by atoms with Gasteiger partial charge in [-0.1, -0.05) is 26.0 Å². The van der Waals surface area contributed by atoms with Crippen molar-refractivity contribution in [2.75, 3.05) is 24.6 Å². The Kier molecular flexibility index (Phi) is 3.49. The summed E-state index contributed by atoms with van der Waals surface area (Å²) < 4.78 is 22.3. The zero-order chi connectivity index (χ0) is 13.4. The molecule has 0 unspecified atom stereocenters. The van der Waals surface area contributed by atoms with Crippen molar-refractivity contribution in [1.82, 2.24) is 4.65 Å². The van der Waals surface area contributed by atoms with E-state index in [0.29, 0.717) is 11.6 Å². The number of quaternary nitrogens is 1. The molecule has 0 atom stereocenters. The van der Waals surface area contributed by atoms with Gasteiger partial charge >= 0.3 is 0 Å². The molecule has 1 fully saturated rings. The molecule has 1 aromatic rings. The first-order chi connectivity index (χ1) is 8.32. The summed E-state index contributed by atoms with van der Waals surface area (Å²) in [7, 11) is -3.00. The third-order valence-electron chi connectivity index (χ3n) is 3.53. The quantitative estimate of drug-likeness (QED) is 0.610. The molecule has 0 aliphatic carbocycles. The molecule has 0 amide bonds. The van der Waals surface area contributed by atoms with Crippen molar-refractivity contribution >= 4 is 15.5 Å². The van der Waals surface area contributed by atoms with Crippen LogP contribution in [0.4, 0.5) is 5.69 Å². The average molecular weight is 269 g/mol. The summed E-state index contributed by atoms with van der Waals surface area (Å²) in [5.74, 6) is 0.343. The molecular formula is C13H19NO3S.